The first kappa shape index (κ1) is 66.7. The van der Waals surface area contributed by atoms with E-state index in [-0.39, 0.29) is 0 Å². The lowest BCUT2D eigenvalue weighted by Crippen LogP contribution is -1.92. The maximum atomic E-state index is 5.58. The largest absolute Gasteiger partial charge is 0.464 e. The van der Waals surface area contributed by atoms with Gasteiger partial charge in [0.1, 0.15) is 33.9 Å². The SMILES string of the molecule is CCn1c2ccccc2c2c(C)cccc21.Cc1cc2c(C)cccc2o1.Cc1cccc2occ(C)c12.Cc1cccc2occc12.Cc1cccc2scc(C)c12.Cc1cccc2sccc12.Cc1oc2cccc(C)c2c1C.Cc1sc2cccc(C)c2c1C. The smallest absolute Gasteiger partial charge is 0.134 e. The van der Waals surface area contributed by atoms with Gasteiger partial charge in [-0.15, -0.1) is 34.0 Å². The summed E-state index contributed by atoms with van der Waals surface area (Å²) >= 11 is 5.52. The van der Waals surface area contributed by atoms with Crippen LogP contribution < -0.4 is 0 Å². The Morgan fingerprint density at radius 3 is 1.51 bits per heavy atom. The quantitative estimate of drug-likeness (QED) is 0.164. The third-order valence-corrected chi connectivity index (χ3v) is 20.6. The number of aromatic nitrogens is 1. The Morgan fingerprint density at radius 1 is 0.344 bits per heavy atom. The Morgan fingerprint density at radius 2 is 0.882 bits per heavy atom. The molecule has 0 radical (unpaired) electrons. The fourth-order valence-electron chi connectivity index (χ4n) is 12.4. The van der Waals surface area contributed by atoms with Gasteiger partial charge in [0.05, 0.1) is 12.5 Å². The van der Waals surface area contributed by atoms with E-state index in [1.54, 1.807) is 23.9 Å². The number of hydrogen-bond donors (Lipinski definition) is 0. The van der Waals surface area contributed by atoms with Crippen LogP contribution in [0, 0.1) is 104 Å². The van der Waals surface area contributed by atoms with Crippen molar-refractivity contribution in [2.24, 2.45) is 0 Å². The van der Waals surface area contributed by atoms with Crippen molar-refractivity contribution in [3.63, 3.8) is 0 Å². The van der Waals surface area contributed by atoms with Crippen molar-refractivity contribution in [1.29, 1.82) is 0 Å². The highest BCUT2D eigenvalue weighted by Crippen LogP contribution is 2.34. The molecule has 0 unspecified atom stereocenters. The minimum atomic E-state index is 0.972. The van der Waals surface area contributed by atoms with Gasteiger partial charge in [-0.2, -0.15) is 0 Å². The van der Waals surface area contributed by atoms with Gasteiger partial charge in [0.25, 0.3) is 0 Å². The van der Waals surface area contributed by atoms with E-state index in [1.165, 1.54) is 145 Å². The van der Waals surface area contributed by atoms with Crippen molar-refractivity contribution in [1.82, 2.24) is 4.57 Å². The fourth-order valence-corrected chi connectivity index (χ4v) is 15.4. The molecule has 0 aliphatic rings. The van der Waals surface area contributed by atoms with E-state index in [0.717, 1.165) is 40.4 Å². The zero-order valence-corrected chi connectivity index (χ0v) is 59.2. The minimum Gasteiger partial charge on any atom is -0.464 e. The molecular formula is C85H85NO4S3. The number of rotatable bonds is 1. The first-order valence-corrected chi connectivity index (χ1v) is 34.5. The molecule has 0 aliphatic carbocycles. The Kier molecular flexibility index (Phi) is 21.6. The average Bonchev–Trinajstić information content (AvgIpc) is 1.62. The second-order valence-electron chi connectivity index (χ2n) is 24.1. The molecule has 0 atom stereocenters. The summed E-state index contributed by atoms with van der Waals surface area (Å²) in [4.78, 5) is 1.44. The van der Waals surface area contributed by atoms with Crippen molar-refractivity contribution in [2.75, 3.05) is 0 Å². The summed E-state index contributed by atoms with van der Waals surface area (Å²) in [6.45, 7) is 35.0. The van der Waals surface area contributed by atoms with Crippen LogP contribution in [0.1, 0.15) is 90.1 Å². The number of benzene rings is 9. The van der Waals surface area contributed by atoms with E-state index in [0.29, 0.717) is 0 Å². The van der Waals surface area contributed by atoms with Gasteiger partial charge in [-0.3, -0.25) is 0 Å². The minimum absolute atomic E-state index is 0.972. The first-order chi connectivity index (χ1) is 44.8. The van der Waals surface area contributed by atoms with Gasteiger partial charge in [-0.25, -0.2) is 0 Å². The van der Waals surface area contributed by atoms with Crippen LogP contribution >= 0.6 is 34.0 Å². The van der Waals surface area contributed by atoms with E-state index >= 15 is 0 Å². The summed E-state index contributed by atoms with van der Waals surface area (Å²) in [5, 5.41) is 16.4. The molecule has 9 aromatic carbocycles. The van der Waals surface area contributed by atoms with E-state index < -0.39 is 0 Å². The third-order valence-electron chi connectivity index (χ3n) is 17.4. The molecule has 0 fully saturated rings. The number of furan rings is 4. The third kappa shape index (κ3) is 15.0. The highest BCUT2D eigenvalue weighted by Gasteiger charge is 2.12. The Labute approximate surface area is 560 Å². The second kappa shape index (κ2) is 30.1. The molecule has 17 rings (SSSR count). The summed E-state index contributed by atoms with van der Waals surface area (Å²) in [7, 11) is 0. The number of nitrogens with zero attached hydrogens (tertiary/aromatic N) is 1. The number of thiophene rings is 3. The molecule has 5 nitrogen and oxygen atoms in total. The van der Waals surface area contributed by atoms with Crippen LogP contribution in [-0.4, -0.2) is 4.57 Å². The van der Waals surface area contributed by atoms with Gasteiger partial charge in [-0.05, 0) is 277 Å². The van der Waals surface area contributed by atoms with E-state index in [1.807, 2.05) is 91.1 Å². The molecule has 0 N–H and O–H groups in total. The lowest BCUT2D eigenvalue weighted by molar-refractivity contribution is 0.575. The van der Waals surface area contributed by atoms with Crippen molar-refractivity contribution in [2.45, 2.75) is 117 Å². The van der Waals surface area contributed by atoms with Gasteiger partial charge in [0.2, 0.25) is 0 Å². The molecule has 17 aromatic rings. The van der Waals surface area contributed by atoms with Gasteiger partial charge in [-0.1, -0.05) is 115 Å². The predicted molar refractivity (Wildman–Crippen MR) is 407 cm³/mol. The molecule has 8 heteroatoms. The molecule has 0 saturated carbocycles. The average molecular weight is 1280 g/mol. The van der Waals surface area contributed by atoms with Crippen LogP contribution in [0.15, 0.2) is 229 Å². The van der Waals surface area contributed by atoms with E-state index in [9.17, 15) is 0 Å². The predicted octanol–water partition coefficient (Wildman–Crippen LogP) is 26.9. The van der Waals surface area contributed by atoms with E-state index in [4.69, 9.17) is 17.7 Å². The van der Waals surface area contributed by atoms with Gasteiger partial charge >= 0.3 is 0 Å². The van der Waals surface area contributed by atoms with Crippen LogP contribution in [0.25, 0.3) is 95.9 Å². The normalized spacial score (nSPS) is 10.8. The lowest BCUT2D eigenvalue weighted by atomic mass is 10.1. The Hall–Kier alpha value is -9.18. The molecule has 0 spiro atoms. The van der Waals surface area contributed by atoms with Crippen molar-refractivity contribution < 1.29 is 17.7 Å². The number of fused-ring (bicyclic) bond motifs is 10. The van der Waals surface area contributed by atoms with Crippen molar-refractivity contribution >= 4 is 130 Å². The fraction of sp³-hybridized carbons (Fsp3) is 0.200. The number of aryl methyl sites for hydroxylation is 16. The molecule has 0 amide bonds. The summed E-state index contributed by atoms with van der Waals surface area (Å²) in [5.74, 6) is 2.01. The summed E-state index contributed by atoms with van der Waals surface area (Å²) in [6.07, 6.45) is 3.52. The van der Waals surface area contributed by atoms with Crippen LogP contribution in [0.3, 0.4) is 0 Å². The summed E-state index contributed by atoms with van der Waals surface area (Å²) < 4.78 is 28.2. The van der Waals surface area contributed by atoms with Gasteiger partial charge in [0, 0.05) is 68.9 Å². The molecule has 8 aromatic heterocycles. The molecule has 472 valence electrons. The van der Waals surface area contributed by atoms with Crippen LogP contribution in [0.2, 0.25) is 0 Å². The monoisotopic (exact) mass is 1280 g/mol. The summed E-state index contributed by atoms with van der Waals surface area (Å²) in [5.41, 5.74) is 22.6. The van der Waals surface area contributed by atoms with E-state index in [2.05, 4.69) is 246 Å². The Bertz CT molecular complexity index is 5110. The molecule has 0 saturated heterocycles. The highest BCUT2D eigenvalue weighted by atomic mass is 32.1. The second-order valence-corrected chi connectivity index (χ2v) is 27.2. The van der Waals surface area contributed by atoms with Crippen molar-refractivity contribution in [3.05, 3.63) is 295 Å². The number of para-hydroxylation sites is 1. The van der Waals surface area contributed by atoms with Gasteiger partial charge in [0.15, 0.2) is 0 Å². The first-order valence-electron chi connectivity index (χ1n) is 31.9. The standard InChI is InChI=1S/C15H15N.C11H12O.C11H12S.2C10H10O.C10H10S.C9H8O.C9H8S/c1-3-16-13-9-5-4-8-12(13)15-11(2)7-6-10-14(15)16;2*1-7-5-4-6-10-11(7)8(2)9(3)12-10;1-7-4-3-5-10-9(7)6-8(2)11-10;2*1-7-4-3-5-9-10(7)8(2)6-11-9;2*1-7-3-2-4-9-8(7)5-6-10-9/h4-10H,3H2,1-2H3;2*4-6H,1-3H3;3*3-6H,1-2H3;2*2-6H,1H3. The lowest BCUT2D eigenvalue weighted by Gasteiger charge is -2.02. The van der Waals surface area contributed by atoms with Crippen LogP contribution in [0.5, 0.6) is 0 Å². The zero-order chi connectivity index (χ0) is 66.0. The highest BCUT2D eigenvalue weighted by molar-refractivity contribution is 7.19. The molecular weight excluding hydrogens is 1200 g/mol. The Balaban J connectivity index is 0.000000117. The topological polar surface area (TPSA) is 57.5 Å². The maximum Gasteiger partial charge on any atom is 0.134 e. The zero-order valence-electron chi connectivity index (χ0n) is 56.7. The number of hydrogen-bond acceptors (Lipinski definition) is 7. The van der Waals surface area contributed by atoms with Crippen LogP contribution in [0.4, 0.5) is 0 Å². The van der Waals surface area contributed by atoms with Crippen LogP contribution in [-0.2, 0) is 6.54 Å². The molecule has 93 heavy (non-hydrogen) atoms. The molecule has 8 heterocycles. The maximum absolute atomic E-state index is 5.58. The van der Waals surface area contributed by atoms with Crippen molar-refractivity contribution in [3.8, 4) is 0 Å². The summed E-state index contributed by atoms with van der Waals surface area (Å²) in [6, 6.07) is 65.3. The molecule has 0 bridgehead atoms. The molecule has 0 aliphatic heterocycles. The van der Waals surface area contributed by atoms with Gasteiger partial charge < -0.3 is 22.2 Å².